The van der Waals surface area contributed by atoms with E-state index in [4.69, 9.17) is 4.74 Å². The fourth-order valence-corrected chi connectivity index (χ4v) is 6.25. The maximum atomic E-state index is 13.5. The van der Waals surface area contributed by atoms with E-state index >= 15 is 0 Å². The summed E-state index contributed by atoms with van der Waals surface area (Å²) in [5.41, 5.74) is 5.75. The summed E-state index contributed by atoms with van der Waals surface area (Å²) < 4.78 is 5.21. The van der Waals surface area contributed by atoms with Crippen LogP contribution < -0.4 is 5.32 Å². The Bertz CT molecular complexity index is 1480. The molecule has 220 valence electrons. The number of nitrogens with one attached hydrogen (secondary N) is 1. The summed E-state index contributed by atoms with van der Waals surface area (Å²) in [5, 5.41) is 3.53. The first-order valence-electron chi connectivity index (χ1n) is 15.0. The van der Waals surface area contributed by atoms with Crippen molar-refractivity contribution >= 4 is 17.5 Å². The first-order chi connectivity index (χ1) is 21.1. The molecular formula is C36H38N4O3. The van der Waals surface area contributed by atoms with Crippen LogP contribution in [0.5, 0.6) is 0 Å². The molecule has 1 saturated heterocycles. The topological polar surface area (TPSA) is 65.1 Å². The number of anilines is 1. The lowest BCUT2D eigenvalue weighted by Crippen LogP contribution is -2.49. The van der Waals surface area contributed by atoms with Gasteiger partial charge in [0.05, 0.1) is 6.04 Å². The van der Waals surface area contributed by atoms with E-state index in [1.807, 2.05) is 70.5 Å². The number of amides is 2. The van der Waals surface area contributed by atoms with Crippen molar-refractivity contribution in [1.29, 1.82) is 0 Å². The van der Waals surface area contributed by atoms with Crippen LogP contribution in [0.25, 0.3) is 0 Å². The molecule has 6 rings (SSSR count). The smallest absolute Gasteiger partial charge is 0.256 e. The SMILES string of the molecule is COCCCN1C(=O)c2ccccc2C1Nc1ccc(C(=O)N2CCN(C(c3ccccc3)c3ccccc3)CC2)cc1. The van der Waals surface area contributed by atoms with Gasteiger partial charge in [0.15, 0.2) is 0 Å². The molecule has 2 aliphatic heterocycles. The normalized spacial score (nSPS) is 16.9. The predicted octanol–water partition coefficient (Wildman–Crippen LogP) is 5.84. The summed E-state index contributed by atoms with van der Waals surface area (Å²) in [5.74, 6) is 0.0710. The van der Waals surface area contributed by atoms with E-state index < -0.39 is 0 Å². The Morgan fingerprint density at radius 3 is 2.05 bits per heavy atom. The van der Waals surface area contributed by atoms with Gasteiger partial charge >= 0.3 is 0 Å². The Hall–Kier alpha value is -4.46. The second kappa shape index (κ2) is 13.2. The quantitative estimate of drug-likeness (QED) is 0.241. The van der Waals surface area contributed by atoms with Gasteiger partial charge in [-0.25, -0.2) is 0 Å². The van der Waals surface area contributed by atoms with Crippen molar-refractivity contribution in [1.82, 2.24) is 14.7 Å². The van der Waals surface area contributed by atoms with Gasteiger partial charge in [-0.2, -0.15) is 0 Å². The standard InChI is InChI=1S/C36H38N4O3/c1-43-26-10-21-40-34(31-15-8-9-16-32(31)36(40)42)37-30-19-17-29(18-20-30)35(41)39-24-22-38(23-25-39)33(27-11-4-2-5-12-27)28-13-6-3-7-14-28/h2-9,11-20,33-34,37H,10,21-26H2,1H3. The average Bonchev–Trinajstić information content (AvgIpc) is 3.33. The number of hydrogen-bond acceptors (Lipinski definition) is 5. The van der Waals surface area contributed by atoms with Gasteiger partial charge in [0, 0.05) is 68.8 Å². The van der Waals surface area contributed by atoms with Gasteiger partial charge in [0.2, 0.25) is 0 Å². The Morgan fingerprint density at radius 2 is 1.42 bits per heavy atom. The van der Waals surface area contributed by atoms with Crippen LogP contribution in [0.4, 0.5) is 5.69 Å². The molecule has 1 fully saturated rings. The summed E-state index contributed by atoms with van der Waals surface area (Å²) in [7, 11) is 1.67. The number of fused-ring (bicyclic) bond motifs is 1. The fourth-order valence-electron chi connectivity index (χ4n) is 6.25. The molecule has 4 aromatic carbocycles. The van der Waals surface area contributed by atoms with Crippen LogP contribution in [0.15, 0.2) is 109 Å². The molecule has 4 aromatic rings. The highest BCUT2D eigenvalue weighted by Gasteiger charge is 2.36. The second-order valence-electron chi connectivity index (χ2n) is 11.1. The van der Waals surface area contributed by atoms with Gasteiger partial charge in [0.1, 0.15) is 6.17 Å². The van der Waals surface area contributed by atoms with Crippen LogP contribution >= 0.6 is 0 Å². The highest BCUT2D eigenvalue weighted by atomic mass is 16.5. The van der Waals surface area contributed by atoms with E-state index in [0.29, 0.717) is 31.8 Å². The van der Waals surface area contributed by atoms with E-state index in [1.165, 1.54) is 11.1 Å². The van der Waals surface area contributed by atoms with E-state index in [2.05, 4.69) is 58.7 Å². The van der Waals surface area contributed by atoms with Gasteiger partial charge in [0.25, 0.3) is 11.8 Å². The van der Waals surface area contributed by atoms with Crippen LogP contribution in [0.3, 0.4) is 0 Å². The van der Waals surface area contributed by atoms with E-state index in [1.54, 1.807) is 7.11 Å². The van der Waals surface area contributed by atoms with E-state index in [-0.39, 0.29) is 24.0 Å². The molecule has 2 heterocycles. The molecule has 43 heavy (non-hydrogen) atoms. The number of carbonyl (C=O) groups excluding carboxylic acids is 2. The molecule has 0 spiro atoms. The van der Waals surface area contributed by atoms with E-state index in [9.17, 15) is 9.59 Å². The van der Waals surface area contributed by atoms with Gasteiger partial charge in [-0.3, -0.25) is 14.5 Å². The van der Waals surface area contributed by atoms with Crippen LogP contribution in [-0.2, 0) is 4.74 Å². The lowest BCUT2D eigenvalue weighted by molar-refractivity contribution is 0.0597. The Labute approximate surface area is 253 Å². The molecule has 7 nitrogen and oxygen atoms in total. The Morgan fingerprint density at radius 1 is 0.814 bits per heavy atom. The van der Waals surface area contributed by atoms with Crippen molar-refractivity contribution in [2.45, 2.75) is 18.6 Å². The van der Waals surface area contributed by atoms with Crippen LogP contribution in [0.1, 0.15) is 56.0 Å². The summed E-state index contributed by atoms with van der Waals surface area (Å²) >= 11 is 0. The predicted molar refractivity (Wildman–Crippen MR) is 169 cm³/mol. The van der Waals surface area contributed by atoms with Crippen molar-refractivity contribution in [3.05, 3.63) is 137 Å². The van der Waals surface area contributed by atoms with E-state index in [0.717, 1.165) is 36.3 Å². The molecule has 0 radical (unpaired) electrons. The molecule has 2 aliphatic rings. The lowest BCUT2D eigenvalue weighted by atomic mass is 9.96. The molecule has 1 N–H and O–H groups in total. The number of benzene rings is 4. The average molecular weight is 575 g/mol. The molecule has 1 atom stereocenters. The summed E-state index contributed by atoms with van der Waals surface area (Å²) in [6.07, 6.45) is 0.490. The number of carbonyl (C=O) groups is 2. The minimum atomic E-state index is -0.266. The third-order valence-electron chi connectivity index (χ3n) is 8.44. The largest absolute Gasteiger partial charge is 0.385 e. The number of piperazine rings is 1. The monoisotopic (exact) mass is 574 g/mol. The molecule has 0 bridgehead atoms. The number of hydrogen-bond donors (Lipinski definition) is 1. The first kappa shape index (κ1) is 28.6. The minimum absolute atomic E-state index is 0.0249. The maximum absolute atomic E-state index is 13.5. The summed E-state index contributed by atoms with van der Waals surface area (Å²) in [4.78, 5) is 32.9. The number of methoxy groups -OCH3 is 1. The molecular weight excluding hydrogens is 536 g/mol. The molecule has 2 amide bonds. The summed E-state index contributed by atoms with van der Waals surface area (Å²) in [6.45, 7) is 4.13. The zero-order valence-electron chi connectivity index (χ0n) is 24.6. The zero-order valence-corrected chi connectivity index (χ0v) is 24.6. The van der Waals surface area contributed by atoms with Gasteiger partial charge in [-0.1, -0.05) is 78.9 Å². The van der Waals surface area contributed by atoms with Crippen molar-refractivity contribution in [3.8, 4) is 0 Å². The van der Waals surface area contributed by atoms with Crippen molar-refractivity contribution in [2.75, 3.05) is 51.8 Å². The van der Waals surface area contributed by atoms with Crippen LogP contribution in [0.2, 0.25) is 0 Å². The molecule has 0 aliphatic carbocycles. The Kier molecular flexibility index (Phi) is 8.82. The van der Waals surface area contributed by atoms with Crippen LogP contribution in [-0.4, -0.2) is 73.0 Å². The lowest BCUT2D eigenvalue weighted by Gasteiger charge is -2.39. The second-order valence-corrected chi connectivity index (χ2v) is 11.1. The molecule has 0 saturated carbocycles. The van der Waals surface area contributed by atoms with Crippen molar-refractivity contribution < 1.29 is 14.3 Å². The number of nitrogens with zero attached hydrogens (tertiary/aromatic N) is 3. The zero-order chi connectivity index (χ0) is 29.6. The first-order valence-corrected chi connectivity index (χ1v) is 15.0. The van der Waals surface area contributed by atoms with Crippen molar-refractivity contribution in [2.24, 2.45) is 0 Å². The third-order valence-corrected chi connectivity index (χ3v) is 8.44. The number of rotatable bonds is 10. The van der Waals surface area contributed by atoms with Crippen molar-refractivity contribution in [3.63, 3.8) is 0 Å². The molecule has 7 heteroatoms. The number of ether oxygens (including phenoxy) is 1. The fraction of sp³-hybridized carbons (Fsp3) is 0.278. The minimum Gasteiger partial charge on any atom is -0.385 e. The maximum Gasteiger partial charge on any atom is 0.256 e. The Balaban J connectivity index is 1.11. The third kappa shape index (κ3) is 6.19. The summed E-state index contributed by atoms with van der Waals surface area (Å²) in [6, 6.07) is 36.7. The highest BCUT2D eigenvalue weighted by molar-refractivity contribution is 5.99. The van der Waals surface area contributed by atoms with Crippen LogP contribution in [0, 0.1) is 0 Å². The highest BCUT2D eigenvalue weighted by Crippen LogP contribution is 2.35. The van der Waals surface area contributed by atoms with Gasteiger partial charge < -0.3 is 19.9 Å². The molecule has 1 unspecified atom stereocenters. The molecule has 0 aromatic heterocycles. The van der Waals surface area contributed by atoms with Gasteiger partial charge in [-0.15, -0.1) is 0 Å². The van der Waals surface area contributed by atoms with Gasteiger partial charge in [-0.05, 0) is 47.9 Å².